The van der Waals surface area contributed by atoms with E-state index < -0.39 is 0 Å². The first-order chi connectivity index (χ1) is 3.93. The van der Waals surface area contributed by atoms with E-state index in [1.54, 1.807) is 4.90 Å². The molecular weight excluding hydrogens is 105 g/mol. The predicted molar refractivity (Wildman–Crippen MR) is 30.8 cm³/mol. The number of nitrogens with zero attached hydrogens (tertiary/aromatic N) is 1. The Labute approximate surface area is 49.5 Å². The molecule has 8 heavy (non-hydrogen) atoms. The van der Waals surface area contributed by atoms with Crippen molar-refractivity contribution < 1.29 is 4.39 Å². The number of rotatable bonds is 1. The van der Waals surface area contributed by atoms with E-state index in [0.29, 0.717) is 6.80 Å². The number of likely N-dealkylation sites (tertiary alicyclic amines) is 1. The first-order valence-electron chi connectivity index (χ1n) is 3.11. The molecule has 0 aromatic heterocycles. The summed E-state index contributed by atoms with van der Waals surface area (Å²) in [6.07, 6.45) is 3.57. The lowest BCUT2D eigenvalue weighted by Crippen LogP contribution is -2.25. The molecule has 1 heterocycles. The standard InChI is InChI=1S/C6H11FN/c7-6-8-4-2-1-3-5-8/h6H,1-5H2. The molecule has 0 aliphatic carbocycles. The van der Waals surface area contributed by atoms with Gasteiger partial charge in [-0.2, -0.15) is 0 Å². The Morgan fingerprint density at radius 3 is 2.12 bits per heavy atom. The molecule has 1 nitrogen and oxygen atoms in total. The van der Waals surface area contributed by atoms with Crippen LogP contribution in [0.5, 0.6) is 0 Å². The number of halogens is 1. The Bertz CT molecular complexity index is 59.5. The van der Waals surface area contributed by atoms with Crippen LogP contribution in [0.3, 0.4) is 0 Å². The Morgan fingerprint density at radius 2 is 1.75 bits per heavy atom. The Kier molecular flexibility index (Phi) is 2.27. The van der Waals surface area contributed by atoms with Crippen molar-refractivity contribution >= 4 is 0 Å². The van der Waals surface area contributed by atoms with Gasteiger partial charge in [0, 0.05) is 13.1 Å². The maximum absolute atomic E-state index is 11.7. The van der Waals surface area contributed by atoms with Gasteiger partial charge in [-0.05, 0) is 12.8 Å². The minimum atomic E-state index is 0.694. The third-order valence-corrected chi connectivity index (χ3v) is 1.53. The van der Waals surface area contributed by atoms with E-state index in [0.717, 1.165) is 25.9 Å². The molecule has 0 saturated carbocycles. The minimum Gasteiger partial charge on any atom is -0.270 e. The molecular formula is C6H11FN. The molecule has 1 rings (SSSR count). The van der Waals surface area contributed by atoms with Gasteiger partial charge in [0.2, 0.25) is 0 Å². The van der Waals surface area contributed by atoms with Crippen molar-refractivity contribution in [2.45, 2.75) is 19.3 Å². The fourth-order valence-electron chi connectivity index (χ4n) is 1.02. The summed E-state index contributed by atoms with van der Waals surface area (Å²) in [7, 11) is 0. The van der Waals surface area contributed by atoms with Crippen molar-refractivity contribution in [3.05, 3.63) is 6.80 Å². The van der Waals surface area contributed by atoms with Gasteiger partial charge < -0.3 is 0 Å². The first kappa shape index (κ1) is 6.02. The molecule has 0 N–H and O–H groups in total. The summed E-state index contributed by atoms with van der Waals surface area (Å²) in [6, 6.07) is 0. The maximum atomic E-state index is 11.7. The fourth-order valence-corrected chi connectivity index (χ4v) is 1.02. The summed E-state index contributed by atoms with van der Waals surface area (Å²) in [4.78, 5) is 1.73. The van der Waals surface area contributed by atoms with Crippen LogP contribution in [0.4, 0.5) is 4.39 Å². The molecule has 0 aromatic carbocycles. The van der Waals surface area contributed by atoms with E-state index in [1.807, 2.05) is 0 Å². The summed E-state index contributed by atoms with van der Waals surface area (Å²) in [6.45, 7) is 2.52. The van der Waals surface area contributed by atoms with Crippen LogP contribution < -0.4 is 0 Å². The van der Waals surface area contributed by atoms with Crippen LogP contribution >= 0.6 is 0 Å². The average molecular weight is 116 g/mol. The van der Waals surface area contributed by atoms with Gasteiger partial charge in [-0.3, -0.25) is 4.90 Å². The lowest BCUT2D eigenvalue weighted by atomic mass is 10.1. The molecule has 1 saturated heterocycles. The van der Waals surface area contributed by atoms with Gasteiger partial charge in [0.25, 0.3) is 0 Å². The Balaban J connectivity index is 2.13. The smallest absolute Gasteiger partial charge is 0.198 e. The normalized spacial score (nSPS) is 23.6. The highest BCUT2D eigenvalue weighted by atomic mass is 19.1. The number of hydrogen-bond acceptors (Lipinski definition) is 1. The third kappa shape index (κ3) is 1.44. The van der Waals surface area contributed by atoms with Crippen molar-refractivity contribution in [2.24, 2.45) is 0 Å². The summed E-state index contributed by atoms with van der Waals surface area (Å²) < 4.78 is 11.7. The predicted octanol–water partition coefficient (Wildman–Crippen LogP) is 1.56. The van der Waals surface area contributed by atoms with Crippen molar-refractivity contribution in [1.29, 1.82) is 0 Å². The summed E-state index contributed by atoms with van der Waals surface area (Å²) in [5, 5.41) is 0. The highest BCUT2D eigenvalue weighted by Crippen LogP contribution is 2.09. The molecule has 0 unspecified atom stereocenters. The zero-order valence-corrected chi connectivity index (χ0v) is 4.94. The third-order valence-electron chi connectivity index (χ3n) is 1.53. The fraction of sp³-hybridized carbons (Fsp3) is 0.833. The van der Waals surface area contributed by atoms with Gasteiger partial charge >= 0.3 is 0 Å². The van der Waals surface area contributed by atoms with E-state index in [-0.39, 0.29) is 0 Å². The second kappa shape index (κ2) is 3.02. The summed E-state index contributed by atoms with van der Waals surface area (Å²) in [5.74, 6) is 0. The van der Waals surface area contributed by atoms with Crippen LogP contribution in [-0.4, -0.2) is 18.0 Å². The van der Waals surface area contributed by atoms with Crippen molar-refractivity contribution in [3.63, 3.8) is 0 Å². The van der Waals surface area contributed by atoms with Gasteiger partial charge in [-0.1, -0.05) is 6.42 Å². The molecule has 0 aromatic rings. The second-order valence-electron chi connectivity index (χ2n) is 2.19. The van der Waals surface area contributed by atoms with Gasteiger partial charge in [0.1, 0.15) is 0 Å². The van der Waals surface area contributed by atoms with E-state index >= 15 is 0 Å². The Hall–Kier alpha value is -0.110. The van der Waals surface area contributed by atoms with E-state index in [1.165, 1.54) is 6.42 Å². The molecule has 1 aliphatic heterocycles. The first-order valence-corrected chi connectivity index (χ1v) is 3.11. The lowest BCUT2D eigenvalue weighted by molar-refractivity contribution is 0.219. The molecule has 2 heteroatoms. The Morgan fingerprint density at radius 1 is 1.12 bits per heavy atom. The van der Waals surface area contributed by atoms with E-state index in [4.69, 9.17) is 0 Å². The number of piperidine rings is 1. The van der Waals surface area contributed by atoms with Crippen LogP contribution in [0, 0.1) is 6.80 Å². The number of hydrogen-bond donors (Lipinski definition) is 0. The van der Waals surface area contributed by atoms with Gasteiger partial charge in [0.15, 0.2) is 6.80 Å². The molecule has 0 atom stereocenters. The largest absolute Gasteiger partial charge is 0.270 e. The van der Waals surface area contributed by atoms with Crippen molar-refractivity contribution in [3.8, 4) is 0 Å². The zero-order valence-electron chi connectivity index (χ0n) is 4.94. The summed E-state index contributed by atoms with van der Waals surface area (Å²) in [5.41, 5.74) is 0. The minimum absolute atomic E-state index is 0.694. The SMILES string of the molecule is F[CH]N1CCCCC1. The summed E-state index contributed by atoms with van der Waals surface area (Å²) >= 11 is 0. The highest BCUT2D eigenvalue weighted by Gasteiger charge is 2.08. The second-order valence-corrected chi connectivity index (χ2v) is 2.19. The van der Waals surface area contributed by atoms with Crippen molar-refractivity contribution in [1.82, 2.24) is 4.90 Å². The van der Waals surface area contributed by atoms with Crippen LogP contribution in [0.25, 0.3) is 0 Å². The van der Waals surface area contributed by atoms with Gasteiger partial charge in [-0.15, -0.1) is 0 Å². The average Bonchev–Trinajstić information content (AvgIpc) is 1.90. The molecule has 0 bridgehead atoms. The molecule has 1 fully saturated rings. The van der Waals surface area contributed by atoms with Gasteiger partial charge in [0.05, 0.1) is 0 Å². The van der Waals surface area contributed by atoms with Gasteiger partial charge in [-0.25, -0.2) is 4.39 Å². The molecule has 1 radical (unpaired) electrons. The molecule has 0 amide bonds. The van der Waals surface area contributed by atoms with Crippen LogP contribution in [-0.2, 0) is 0 Å². The van der Waals surface area contributed by atoms with Crippen LogP contribution in [0.1, 0.15) is 19.3 Å². The molecule has 47 valence electrons. The highest BCUT2D eigenvalue weighted by molar-refractivity contribution is 4.64. The quantitative estimate of drug-likeness (QED) is 0.470. The maximum Gasteiger partial charge on any atom is 0.198 e. The van der Waals surface area contributed by atoms with Crippen LogP contribution in [0.15, 0.2) is 0 Å². The monoisotopic (exact) mass is 116 g/mol. The van der Waals surface area contributed by atoms with E-state index in [9.17, 15) is 4.39 Å². The van der Waals surface area contributed by atoms with Crippen molar-refractivity contribution in [2.75, 3.05) is 13.1 Å². The lowest BCUT2D eigenvalue weighted by Gasteiger charge is -2.21. The van der Waals surface area contributed by atoms with E-state index in [2.05, 4.69) is 0 Å². The molecule has 1 aliphatic rings. The topological polar surface area (TPSA) is 3.24 Å². The molecule has 0 spiro atoms. The zero-order chi connectivity index (χ0) is 5.82. The van der Waals surface area contributed by atoms with Crippen LogP contribution in [0.2, 0.25) is 0 Å².